The molecule has 2 aromatic heterocycles. The number of H-pyrrole nitrogens is 2. The minimum absolute atomic E-state index is 0.0356. The van der Waals surface area contributed by atoms with E-state index in [0.29, 0.717) is 43.3 Å². The molecule has 5 aromatic rings. The number of nitrogens with one attached hydrogen (secondary N) is 4. The Morgan fingerprint density at radius 3 is 1.90 bits per heavy atom. The van der Waals surface area contributed by atoms with E-state index in [2.05, 4.69) is 61.9 Å². The molecule has 3 fully saturated rings. The zero-order chi connectivity index (χ0) is 47.1. The Balaban J connectivity index is 1.03. The van der Waals surface area contributed by atoms with Gasteiger partial charge in [0, 0.05) is 32.1 Å². The summed E-state index contributed by atoms with van der Waals surface area (Å²) in [7, 11) is 1.29. The monoisotopic (exact) mass is 915 g/mol. The minimum atomic E-state index is -1.23. The number of carboxylic acid groups (broad SMARTS) is 1. The number of imidazole rings is 2. The van der Waals surface area contributed by atoms with Gasteiger partial charge in [-0.25, -0.2) is 23.9 Å². The van der Waals surface area contributed by atoms with Crippen LogP contribution >= 0.6 is 0 Å². The van der Waals surface area contributed by atoms with Gasteiger partial charge in [-0.2, -0.15) is 0 Å². The summed E-state index contributed by atoms with van der Waals surface area (Å²) in [5, 5.41) is 14.6. The molecule has 1 aliphatic carbocycles. The number of aromatic amines is 2. The van der Waals surface area contributed by atoms with Crippen LogP contribution in [0.25, 0.3) is 27.6 Å². The predicted octanol–water partition coefficient (Wildman–Crippen LogP) is 8.92. The number of benzene rings is 3. The standard InChI is InChI=1S/C51H62FN9O6/c1-28(2)44(57-50(64)65)48(62)60-23-9-11-41(60)46-53-36-18-13-30(26-38(36)55-46)33-16-17-34(43(33)32-15-20-40(35(52)25-32)59-21-7-6-8-22-59)31-14-19-37-39(27-31)56-47(54-37)42-12-10-24-61(42)49(63)45(29(3)4)58-51(66)67-5/h13-16,18-20,25-29,34,41-45,57H,6-12,17,21-24H2,1-5H3,(H,53,55)(H,54,56)(H,58,66)(H,64,65)/t34?,41-,42-,43?,44-,45-/m0/s1. The second kappa shape index (κ2) is 19.0. The van der Waals surface area contributed by atoms with Crippen LogP contribution in [0.3, 0.4) is 0 Å². The number of nitrogens with zero attached hydrogens (tertiary/aromatic N) is 5. The van der Waals surface area contributed by atoms with Crippen LogP contribution in [0.1, 0.15) is 131 Å². The van der Waals surface area contributed by atoms with Crippen molar-refractivity contribution >= 4 is 57.3 Å². The Hall–Kier alpha value is -6.45. The Labute approximate surface area is 389 Å². The van der Waals surface area contributed by atoms with E-state index < -0.39 is 24.3 Å². The number of hydrogen-bond acceptors (Lipinski definition) is 8. The van der Waals surface area contributed by atoms with Gasteiger partial charge in [-0.15, -0.1) is 0 Å². The van der Waals surface area contributed by atoms with Gasteiger partial charge >= 0.3 is 12.2 Å². The van der Waals surface area contributed by atoms with E-state index in [1.807, 2.05) is 50.8 Å². The summed E-state index contributed by atoms with van der Waals surface area (Å²) < 4.78 is 21.2. The van der Waals surface area contributed by atoms with E-state index in [-0.39, 0.29) is 53.4 Å². The summed E-state index contributed by atoms with van der Waals surface area (Å²) in [5.74, 6) is 0.112. The van der Waals surface area contributed by atoms with Crippen molar-refractivity contribution in [3.8, 4) is 0 Å². The van der Waals surface area contributed by atoms with Crippen LogP contribution in [-0.4, -0.2) is 104 Å². The molecule has 3 aromatic carbocycles. The Bertz CT molecular complexity index is 2700. The highest BCUT2D eigenvalue weighted by molar-refractivity contribution is 5.88. The van der Waals surface area contributed by atoms with Crippen LogP contribution in [0.15, 0.2) is 60.7 Å². The molecule has 15 nitrogen and oxygen atoms in total. The number of hydrogen-bond donors (Lipinski definition) is 5. The van der Waals surface area contributed by atoms with Crippen molar-refractivity contribution in [1.82, 2.24) is 40.4 Å². The van der Waals surface area contributed by atoms with E-state index in [1.54, 1.807) is 11.0 Å². The molecular formula is C51H62FN9O6. The number of allylic oxidation sites excluding steroid dienone is 2. The van der Waals surface area contributed by atoms with Crippen molar-refractivity contribution in [2.75, 3.05) is 38.2 Å². The lowest BCUT2D eigenvalue weighted by molar-refractivity contribution is -0.136. The highest BCUT2D eigenvalue weighted by Gasteiger charge is 2.40. The fourth-order valence-electron chi connectivity index (χ4n) is 11.0. The van der Waals surface area contributed by atoms with E-state index in [9.17, 15) is 24.3 Å². The van der Waals surface area contributed by atoms with Crippen molar-refractivity contribution in [2.24, 2.45) is 11.8 Å². The van der Waals surface area contributed by atoms with Crippen molar-refractivity contribution in [1.29, 1.82) is 0 Å². The number of rotatable bonds is 12. The second-order valence-corrected chi connectivity index (χ2v) is 19.4. The number of amides is 4. The first-order valence-electron chi connectivity index (χ1n) is 24.0. The zero-order valence-electron chi connectivity index (χ0n) is 39.0. The molecule has 0 saturated carbocycles. The molecule has 67 heavy (non-hydrogen) atoms. The normalized spacial score (nSPS) is 21.9. The summed E-state index contributed by atoms with van der Waals surface area (Å²) in [6.45, 7) is 10.2. The van der Waals surface area contributed by atoms with Gasteiger partial charge in [0.05, 0.1) is 46.9 Å². The van der Waals surface area contributed by atoms with Gasteiger partial charge in [0.15, 0.2) is 0 Å². The highest BCUT2D eigenvalue weighted by Crippen LogP contribution is 2.51. The molecule has 2 unspecified atom stereocenters. The average molecular weight is 916 g/mol. The van der Waals surface area contributed by atoms with Gasteiger partial charge in [-0.3, -0.25) is 9.59 Å². The smallest absolute Gasteiger partial charge is 0.407 e. The molecule has 0 radical (unpaired) electrons. The lowest BCUT2D eigenvalue weighted by atomic mass is 9.78. The quantitative estimate of drug-likeness (QED) is 0.0814. The molecule has 354 valence electrons. The Kier molecular flexibility index (Phi) is 13.0. The molecule has 0 spiro atoms. The molecule has 5 heterocycles. The number of fused-ring (bicyclic) bond motifs is 2. The molecule has 3 saturated heterocycles. The van der Waals surface area contributed by atoms with Crippen LogP contribution in [0.2, 0.25) is 0 Å². The van der Waals surface area contributed by atoms with Gasteiger partial charge in [0.1, 0.15) is 29.5 Å². The van der Waals surface area contributed by atoms with Gasteiger partial charge < -0.3 is 45.1 Å². The van der Waals surface area contributed by atoms with Crippen molar-refractivity contribution in [2.45, 2.75) is 115 Å². The summed E-state index contributed by atoms with van der Waals surface area (Å²) in [6.07, 6.45) is 7.37. The number of likely N-dealkylation sites (tertiary alicyclic amines) is 2. The zero-order valence-corrected chi connectivity index (χ0v) is 39.0. The van der Waals surface area contributed by atoms with Crippen LogP contribution in [0, 0.1) is 17.7 Å². The van der Waals surface area contributed by atoms with Crippen LogP contribution in [-0.2, 0) is 14.3 Å². The van der Waals surface area contributed by atoms with Crippen LogP contribution in [0.5, 0.6) is 0 Å². The van der Waals surface area contributed by atoms with Crippen molar-refractivity contribution in [3.05, 3.63) is 94.8 Å². The Morgan fingerprint density at radius 2 is 1.31 bits per heavy atom. The molecule has 16 heteroatoms. The number of halogens is 1. The first-order valence-corrected chi connectivity index (χ1v) is 24.0. The predicted molar refractivity (Wildman–Crippen MR) is 254 cm³/mol. The fraction of sp³-hybridized carbons (Fsp3) is 0.490. The van der Waals surface area contributed by atoms with E-state index in [1.165, 1.54) is 7.11 Å². The largest absolute Gasteiger partial charge is 0.465 e. The van der Waals surface area contributed by atoms with E-state index >= 15 is 4.39 Å². The summed E-state index contributed by atoms with van der Waals surface area (Å²) >= 11 is 0. The Morgan fingerprint density at radius 1 is 0.731 bits per heavy atom. The number of methoxy groups -OCH3 is 1. The van der Waals surface area contributed by atoms with Crippen molar-refractivity contribution in [3.63, 3.8) is 0 Å². The van der Waals surface area contributed by atoms with Crippen LogP contribution < -0.4 is 15.5 Å². The first kappa shape index (κ1) is 45.7. The summed E-state index contributed by atoms with van der Waals surface area (Å²) in [4.78, 5) is 74.2. The van der Waals surface area contributed by atoms with Gasteiger partial charge in [-0.05, 0) is 128 Å². The lowest BCUT2D eigenvalue weighted by Crippen LogP contribution is -2.51. The summed E-state index contributed by atoms with van der Waals surface area (Å²) in [6, 6.07) is 16.0. The molecule has 9 rings (SSSR count). The fourth-order valence-corrected chi connectivity index (χ4v) is 11.0. The molecule has 4 aliphatic rings. The van der Waals surface area contributed by atoms with Crippen molar-refractivity contribution < 1.29 is 33.4 Å². The third-order valence-electron chi connectivity index (χ3n) is 14.4. The number of carbonyl (C=O) groups excluding carboxylic acids is 3. The average Bonchev–Trinajstić information content (AvgIpc) is 4.18. The topological polar surface area (TPSA) is 189 Å². The lowest BCUT2D eigenvalue weighted by Gasteiger charge is -2.30. The second-order valence-electron chi connectivity index (χ2n) is 19.4. The number of anilines is 1. The number of ether oxygens (including phenoxy) is 1. The van der Waals surface area contributed by atoms with E-state index in [0.717, 1.165) is 95.9 Å². The number of piperidine rings is 1. The summed E-state index contributed by atoms with van der Waals surface area (Å²) in [5.41, 5.74) is 7.88. The van der Waals surface area contributed by atoms with Gasteiger partial charge in [0.2, 0.25) is 11.8 Å². The van der Waals surface area contributed by atoms with E-state index in [4.69, 9.17) is 14.7 Å². The number of alkyl carbamates (subject to hydrolysis) is 1. The maximum absolute atomic E-state index is 16.4. The molecule has 5 N–H and O–H groups in total. The maximum Gasteiger partial charge on any atom is 0.407 e. The molecule has 4 amide bonds. The number of carbonyl (C=O) groups is 4. The molecule has 6 atom stereocenters. The minimum Gasteiger partial charge on any atom is -0.465 e. The highest BCUT2D eigenvalue weighted by atomic mass is 19.1. The van der Waals surface area contributed by atoms with Crippen LogP contribution in [0.4, 0.5) is 19.7 Å². The SMILES string of the molecule is COC(=O)N[C@H](C(=O)N1CCC[C@H]1c1nc2ccc(C3CC=C(c4ccc5nc([C@@H]6CCCN6C(=O)[C@@H](NC(=O)O)C(C)C)[nH]c5c4)C3c3ccc(N4CCCCC4)c(F)c3)cc2[nH]1)C(C)C. The van der Waals surface area contributed by atoms with Gasteiger partial charge in [0.25, 0.3) is 0 Å². The molecular weight excluding hydrogens is 854 g/mol. The molecule has 0 bridgehead atoms. The maximum atomic E-state index is 16.4. The number of aromatic nitrogens is 4. The molecule has 3 aliphatic heterocycles. The first-order chi connectivity index (χ1) is 32.3. The van der Waals surface area contributed by atoms with Gasteiger partial charge in [-0.1, -0.05) is 52.0 Å². The third kappa shape index (κ3) is 9.06. The third-order valence-corrected chi connectivity index (χ3v) is 14.4.